The van der Waals surface area contributed by atoms with Crippen LogP contribution in [0.4, 0.5) is 13.2 Å². The van der Waals surface area contributed by atoms with E-state index in [0.29, 0.717) is 16.2 Å². The molecule has 0 aliphatic carbocycles. The zero-order valence-electron chi connectivity index (χ0n) is 6.48. The number of hydrogen-bond donors (Lipinski definition) is 2. The first-order valence-electron chi connectivity index (χ1n) is 3.38. The van der Waals surface area contributed by atoms with Crippen molar-refractivity contribution in [1.29, 1.82) is 5.41 Å². The normalized spacial score (nSPS) is 11.6. The predicted molar refractivity (Wildman–Crippen MR) is 44.9 cm³/mol. The summed E-state index contributed by atoms with van der Waals surface area (Å²) in [5, 5.41) is 6.90. The number of hydrogen-bond acceptors (Lipinski definition) is 2. The number of amidine groups is 1. The Morgan fingerprint density at radius 1 is 1.46 bits per heavy atom. The summed E-state index contributed by atoms with van der Waals surface area (Å²) in [7, 11) is 0. The van der Waals surface area contributed by atoms with Crippen LogP contribution in [0.3, 0.4) is 0 Å². The summed E-state index contributed by atoms with van der Waals surface area (Å²) in [6.45, 7) is 0. The van der Waals surface area contributed by atoms with Crippen LogP contribution >= 0.6 is 11.3 Å². The van der Waals surface area contributed by atoms with E-state index in [1.807, 2.05) is 0 Å². The maximum absolute atomic E-state index is 12.1. The van der Waals surface area contributed by atoms with E-state index in [1.165, 1.54) is 6.07 Å². The summed E-state index contributed by atoms with van der Waals surface area (Å²) in [6, 6.07) is 2.35. The number of nitrogens with two attached hydrogens (primary N) is 1. The molecular formula is C7H7F3N2S. The van der Waals surface area contributed by atoms with Gasteiger partial charge in [0.15, 0.2) is 0 Å². The minimum absolute atomic E-state index is 0.0841. The fourth-order valence-electron chi connectivity index (χ4n) is 0.813. The van der Waals surface area contributed by atoms with Crippen molar-refractivity contribution in [3.05, 3.63) is 21.9 Å². The smallest absolute Gasteiger partial charge is 0.387 e. The molecule has 0 spiro atoms. The Morgan fingerprint density at radius 2 is 2.08 bits per heavy atom. The molecule has 13 heavy (non-hydrogen) atoms. The summed E-state index contributed by atoms with van der Waals surface area (Å²) >= 11 is 0.622. The molecule has 0 fully saturated rings. The van der Waals surface area contributed by atoms with Crippen LogP contribution in [0, 0.1) is 5.41 Å². The van der Waals surface area contributed by atoms with E-state index < -0.39 is 11.1 Å². The number of halogens is 3. The first kappa shape index (κ1) is 10.0. The van der Waals surface area contributed by atoms with E-state index in [-0.39, 0.29) is 12.3 Å². The molecule has 3 N–H and O–H groups in total. The Balaban J connectivity index is 2.81. The van der Waals surface area contributed by atoms with Gasteiger partial charge in [0, 0.05) is 11.3 Å². The van der Waals surface area contributed by atoms with Crippen molar-refractivity contribution in [1.82, 2.24) is 0 Å². The van der Waals surface area contributed by atoms with E-state index in [1.54, 1.807) is 0 Å². The van der Waals surface area contributed by atoms with Crippen molar-refractivity contribution in [2.45, 2.75) is 12.6 Å². The maximum Gasteiger partial charge on any atom is 0.425 e. The van der Waals surface area contributed by atoms with Gasteiger partial charge in [0.25, 0.3) is 0 Å². The number of nitrogens with one attached hydrogen (secondary N) is 1. The Bertz CT molecular complexity index is 316. The maximum atomic E-state index is 12.1. The Labute approximate surface area is 76.7 Å². The molecule has 0 unspecified atom stereocenters. The van der Waals surface area contributed by atoms with Gasteiger partial charge < -0.3 is 5.73 Å². The molecule has 0 amide bonds. The number of alkyl halides is 3. The third kappa shape index (κ3) is 2.73. The molecule has 0 aliphatic heterocycles. The lowest BCUT2D eigenvalue weighted by Crippen LogP contribution is -2.11. The Morgan fingerprint density at radius 3 is 2.46 bits per heavy atom. The first-order chi connectivity index (χ1) is 5.89. The molecule has 0 aromatic carbocycles. The lowest BCUT2D eigenvalue weighted by molar-refractivity contribution is -0.134. The standard InChI is InChI=1S/C7H7F3N2S/c8-7(9,10)5-2-1-4(13-5)3-6(11)12/h1-2H,3H2,(H3,11,12). The van der Waals surface area contributed by atoms with Crippen LogP contribution in [0.2, 0.25) is 0 Å². The van der Waals surface area contributed by atoms with E-state index >= 15 is 0 Å². The zero-order valence-corrected chi connectivity index (χ0v) is 7.30. The third-order valence-electron chi connectivity index (χ3n) is 1.31. The fraction of sp³-hybridized carbons (Fsp3) is 0.286. The molecular weight excluding hydrogens is 201 g/mol. The van der Waals surface area contributed by atoms with Crippen LogP contribution in [0.1, 0.15) is 9.75 Å². The van der Waals surface area contributed by atoms with E-state index in [9.17, 15) is 13.2 Å². The zero-order chi connectivity index (χ0) is 10.1. The second-order valence-corrected chi connectivity index (χ2v) is 3.63. The largest absolute Gasteiger partial charge is 0.425 e. The van der Waals surface area contributed by atoms with Gasteiger partial charge >= 0.3 is 6.18 Å². The molecule has 1 aromatic heterocycles. The molecule has 1 rings (SSSR count). The molecule has 1 heterocycles. The van der Waals surface area contributed by atoms with Crippen LogP contribution in [0.25, 0.3) is 0 Å². The van der Waals surface area contributed by atoms with E-state index in [4.69, 9.17) is 11.1 Å². The lowest BCUT2D eigenvalue weighted by atomic mass is 10.3. The number of rotatable bonds is 2. The summed E-state index contributed by atoms with van der Waals surface area (Å²) in [4.78, 5) is -0.191. The van der Waals surface area contributed by atoms with Gasteiger partial charge in [-0.15, -0.1) is 11.3 Å². The second-order valence-electron chi connectivity index (χ2n) is 2.47. The molecule has 72 valence electrons. The molecule has 0 saturated heterocycles. The average Bonchev–Trinajstić information content (AvgIpc) is 2.32. The summed E-state index contributed by atoms with van der Waals surface area (Å²) in [5.74, 6) is -0.129. The molecule has 0 bridgehead atoms. The highest BCUT2D eigenvalue weighted by molar-refractivity contribution is 7.12. The van der Waals surface area contributed by atoms with Crippen molar-refractivity contribution >= 4 is 17.2 Å². The van der Waals surface area contributed by atoms with Crippen molar-refractivity contribution in [2.75, 3.05) is 0 Å². The predicted octanol–water partition coefficient (Wildman–Crippen LogP) is 2.25. The van der Waals surface area contributed by atoms with Crippen molar-refractivity contribution < 1.29 is 13.2 Å². The minimum Gasteiger partial charge on any atom is -0.387 e. The van der Waals surface area contributed by atoms with E-state index in [2.05, 4.69) is 0 Å². The topological polar surface area (TPSA) is 49.9 Å². The molecule has 0 atom stereocenters. The van der Waals surface area contributed by atoms with Gasteiger partial charge in [0.05, 0.1) is 5.84 Å². The van der Waals surface area contributed by atoms with Gasteiger partial charge in [-0.25, -0.2) is 0 Å². The molecule has 1 aromatic rings. The van der Waals surface area contributed by atoms with Gasteiger partial charge in [0.1, 0.15) is 4.88 Å². The van der Waals surface area contributed by atoms with Crippen LogP contribution < -0.4 is 5.73 Å². The van der Waals surface area contributed by atoms with Gasteiger partial charge in [-0.3, -0.25) is 5.41 Å². The van der Waals surface area contributed by atoms with Gasteiger partial charge in [-0.05, 0) is 12.1 Å². The SMILES string of the molecule is N=C(N)Cc1ccc(C(F)(F)F)s1. The quantitative estimate of drug-likeness (QED) is 0.568. The first-order valence-corrected chi connectivity index (χ1v) is 4.20. The van der Waals surface area contributed by atoms with Crippen LogP contribution in [0.15, 0.2) is 12.1 Å². The highest BCUT2D eigenvalue weighted by Crippen LogP contribution is 2.34. The van der Waals surface area contributed by atoms with Crippen molar-refractivity contribution in [2.24, 2.45) is 5.73 Å². The van der Waals surface area contributed by atoms with E-state index in [0.717, 1.165) is 6.07 Å². The summed E-state index contributed by atoms with van der Waals surface area (Å²) in [5.41, 5.74) is 5.05. The monoisotopic (exact) mass is 208 g/mol. The van der Waals surface area contributed by atoms with Crippen LogP contribution in [0.5, 0.6) is 0 Å². The molecule has 2 nitrogen and oxygen atoms in total. The lowest BCUT2D eigenvalue weighted by Gasteiger charge is -2.00. The van der Waals surface area contributed by atoms with Gasteiger partial charge in [-0.2, -0.15) is 13.2 Å². The highest BCUT2D eigenvalue weighted by atomic mass is 32.1. The van der Waals surface area contributed by atoms with Gasteiger partial charge in [0.2, 0.25) is 0 Å². The second kappa shape index (κ2) is 3.37. The van der Waals surface area contributed by atoms with Crippen LogP contribution in [-0.2, 0) is 12.6 Å². The Hall–Kier alpha value is -1.04. The minimum atomic E-state index is -4.29. The Kier molecular flexibility index (Phi) is 2.60. The van der Waals surface area contributed by atoms with Gasteiger partial charge in [-0.1, -0.05) is 0 Å². The molecule has 6 heteroatoms. The molecule has 0 aliphatic rings. The molecule has 0 radical (unpaired) electrons. The van der Waals surface area contributed by atoms with Crippen molar-refractivity contribution in [3.8, 4) is 0 Å². The average molecular weight is 208 g/mol. The summed E-state index contributed by atoms with van der Waals surface area (Å²) in [6.07, 6.45) is -4.21. The summed E-state index contributed by atoms with van der Waals surface area (Å²) < 4.78 is 36.2. The highest BCUT2D eigenvalue weighted by Gasteiger charge is 2.32. The van der Waals surface area contributed by atoms with Crippen LogP contribution in [-0.4, -0.2) is 5.84 Å². The third-order valence-corrected chi connectivity index (χ3v) is 2.44. The van der Waals surface area contributed by atoms with Crippen molar-refractivity contribution in [3.63, 3.8) is 0 Å². The number of thiophene rings is 1. The fourth-order valence-corrected chi connectivity index (χ4v) is 1.71. The molecule has 0 saturated carbocycles.